The van der Waals surface area contributed by atoms with Crippen LogP contribution in [0.25, 0.3) is 0 Å². The lowest BCUT2D eigenvalue weighted by atomic mass is 10.3. The van der Waals surface area contributed by atoms with E-state index in [2.05, 4.69) is 19.9 Å². The maximum Gasteiger partial charge on any atom is 0.266 e. The first-order chi connectivity index (χ1) is 11.8. The molecule has 2 aliphatic rings. The topological polar surface area (TPSA) is 67.4 Å². The molecule has 7 nitrogen and oxygen atoms in total. The lowest BCUT2D eigenvalue weighted by Crippen LogP contribution is -2.47. The highest BCUT2D eigenvalue weighted by Crippen LogP contribution is 2.23. The Labute approximate surface area is 140 Å². The average Bonchev–Trinajstić information content (AvgIpc) is 3.17. The number of hydrogen-bond acceptors (Lipinski definition) is 6. The molecule has 1 saturated heterocycles. The monoisotopic (exact) mass is 329 g/mol. The van der Waals surface area contributed by atoms with Crippen LogP contribution < -0.4 is 5.56 Å². The Hall–Kier alpha value is -1.99. The van der Waals surface area contributed by atoms with Crippen molar-refractivity contribution in [1.29, 1.82) is 0 Å². The summed E-state index contributed by atoms with van der Waals surface area (Å²) < 4.78 is 7.39. The van der Waals surface area contributed by atoms with E-state index in [0.717, 1.165) is 63.8 Å². The highest BCUT2D eigenvalue weighted by molar-refractivity contribution is 5.15. The minimum atomic E-state index is -0.0342. The molecule has 2 aromatic heterocycles. The minimum Gasteiger partial charge on any atom is -0.444 e. The summed E-state index contributed by atoms with van der Waals surface area (Å²) >= 11 is 0. The van der Waals surface area contributed by atoms with E-state index < -0.39 is 0 Å². The number of hydrogen-bond donors (Lipinski definition) is 0. The van der Waals surface area contributed by atoms with Crippen LogP contribution in [0.3, 0.4) is 0 Å². The van der Waals surface area contributed by atoms with E-state index in [-0.39, 0.29) is 5.56 Å². The van der Waals surface area contributed by atoms with Gasteiger partial charge in [-0.25, -0.2) is 9.67 Å². The van der Waals surface area contributed by atoms with Gasteiger partial charge in [-0.1, -0.05) is 0 Å². The second kappa shape index (κ2) is 6.86. The number of fused-ring (bicyclic) bond motifs is 1. The quantitative estimate of drug-likeness (QED) is 0.797. The summed E-state index contributed by atoms with van der Waals surface area (Å²) in [5, 5.41) is 4.10. The third-order valence-corrected chi connectivity index (χ3v) is 4.88. The summed E-state index contributed by atoms with van der Waals surface area (Å²) in [4.78, 5) is 21.1. The zero-order chi connectivity index (χ0) is 16.4. The van der Waals surface area contributed by atoms with Crippen molar-refractivity contribution in [2.24, 2.45) is 0 Å². The number of nitrogens with zero attached hydrogens (tertiary/aromatic N) is 5. The number of oxazole rings is 1. The Morgan fingerprint density at radius 3 is 2.71 bits per heavy atom. The summed E-state index contributed by atoms with van der Waals surface area (Å²) in [5.41, 5.74) is 1.14. The van der Waals surface area contributed by atoms with Crippen LogP contribution in [0.15, 0.2) is 27.5 Å². The average molecular weight is 329 g/mol. The van der Waals surface area contributed by atoms with Gasteiger partial charge in [0.05, 0.1) is 18.8 Å². The fraction of sp³-hybridized carbons (Fsp3) is 0.588. The summed E-state index contributed by atoms with van der Waals surface area (Å²) in [6.07, 6.45) is 4.95. The molecule has 0 amide bonds. The van der Waals surface area contributed by atoms with E-state index >= 15 is 0 Å². The smallest absolute Gasteiger partial charge is 0.266 e. The molecule has 0 radical (unpaired) electrons. The molecule has 1 fully saturated rings. The minimum absolute atomic E-state index is 0.0342. The molecule has 128 valence electrons. The molecule has 2 aromatic rings. The molecule has 0 bridgehead atoms. The van der Waals surface area contributed by atoms with Crippen LogP contribution in [-0.4, -0.2) is 57.3 Å². The van der Waals surface area contributed by atoms with E-state index in [9.17, 15) is 4.79 Å². The summed E-state index contributed by atoms with van der Waals surface area (Å²) in [6.45, 7) is 6.32. The Morgan fingerprint density at radius 2 is 1.92 bits per heavy atom. The van der Waals surface area contributed by atoms with Crippen LogP contribution in [0, 0.1) is 0 Å². The van der Waals surface area contributed by atoms with Gasteiger partial charge in [0.25, 0.3) is 5.56 Å². The number of aryl methyl sites for hydroxylation is 2. The molecule has 4 rings (SSSR count). The molecule has 0 saturated carbocycles. The predicted octanol–water partition coefficient (Wildman–Crippen LogP) is 0.538. The Balaban J connectivity index is 1.24. The molecule has 0 spiro atoms. The van der Waals surface area contributed by atoms with Gasteiger partial charge in [0.2, 0.25) is 5.89 Å². The van der Waals surface area contributed by atoms with Crippen LogP contribution in [0.4, 0.5) is 0 Å². The molecular formula is C17H23N5O2. The van der Waals surface area contributed by atoms with Crippen molar-refractivity contribution in [3.05, 3.63) is 46.0 Å². The third kappa shape index (κ3) is 3.42. The first-order valence-corrected chi connectivity index (χ1v) is 8.72. The van der Waals surface area contributed by atoms with Crippen molar-refractivity contribution in [2.45, 2.75) is 32.4 Å². The lowest BCUT2D eigenvalue weighted by molar-refractivity contribution is 0.115. The van der Waals surface area contributed by atoms with Crippen molar-refractivity contribution in [1.82, 2.24) is 24.6 Å². The normalized spacial score (nSPS) is 18.8. The van der Waals surface area contributed by atoms with Gasteiger partial charge in [0.15, 0.2) is 0 Å². The molecule has 0 N–H and O–H groups in total. The zero-order valence-corrected chi connectivity index (χ0v) is 13.9. The molecule has 1 aliphatic heterocycles. The standard InChI is InChI=1S/C17H23N5O2/c23-17-5-2-6-18-22(17)12-11-20-7-9-21(10-8-20)13-16-19-14-3-1-4-15(14)24-16/h2,5-6H,1,3-4,7-13H2. The second-order valence-electron chi connectivity index (χ2n) is 6.53. The summed E-state index contributed by atoms with van der Waals surface area (Å²) in [7, 11) is 0. The molecule has 0 unspecified atom stereocenters. The van der Waals surface area contributed by atoms with Gasteiger partial charge in [-0.3, -0.25) is 14.6 Å². The van der Waals surface area contributed by atoms with Gasteiger partial charge in [-0.15, -0.1) is 0 Å². The predicted molar refractivity (Wildman–Crippen MR) is 88.7 cm³/mol. The van der Waals surface area contributed by atoms with Crippen LogP contribution >= 0.6 is 0 Å². The number of rotatable bonds is 5. The molecule has 1 aliphatic carbocycles. The van der Waals surface area contributed by atoms with Gasteiger partial charge < -0.3 is 4.42 Å². The first kappa shape index (κ1) is 15.5. The molecular weight excluding hydrogens is 306 g/mol. The Bertz CT molecular complexity index is 724. The number of piperazine rings is 1. The van der Waals surface area contributed by atoms with E-state index in [0.29, 0.717) is 6.54 Å². The van der Waals surface area contributed by atoms with E-state index in [1.807, 2.05) is 0 Å². The first-order valence-electron chi connectivity index (χ1n) is 8.72. The fourth-order valence-corrected chi connectivity index (χ4v) is 3.47. The molecule has 0 aromatic carbocycles. The van der Waals surface area contributed by atoms with Crippen LogP contribution in [0.5, 0.6) is 0 Å². The van der Waals surface area contributed by atoms with Gasteiger partial charge in [-0.05, 0) is 18.9 Å². The maximum atomic E-state index is 11.7. The van der Waals surface area contributed by atoms with Crippen LogP contribution in [0.2, 0.25) is 0 Å². The largest absolute Gasteiger partial charge is 0.444 e. The van der Waals surface area contributed by atoms with Crippen molar-refractivity contribution in [2.75, 3.05) is 32.7 Å². The van der Waals surface area contributed by atoms with Crippen molar-refractivity contribution >= 4 is 0 Å². The van der Waals surface area contributed by atoms with Crippen molar-refractivity contribution in [3.8, 4) is 0 Å². The summed E-state index contributed by atoms with van der Waals surface area (Å²) in [5.74, 6) is 1.97. The maximum absolute atomic E-state index is 11.7. The lowest BCUT2D eigenvalue weighted by Gasteiger charge is -2.33. The highest BCUT2D eigenvalue weighted by Gasteiger charge is 2.22. The molecule has 3 heterocycles. The highest BCUT2D eigenvalue weighted by atomic mass is 16.4. The zero-order valence-electron chi connectivity index (χ0n) is 13.9. The third-order valence-electron chi connectivity index (χ3n) is 4.88. The van der Waals surface area contributed by atoms with E-state index in [1.54, 1.807) is 18.3 Å². The van der Waals surface area contributed by atoms with Gasteiger partial charge in [-0.2, -0.15) is 5.10 Å². The van der Waals surface area contributed by atoms with Gasteiger partial charge in [0, 0.05) is 51.4 Å². The SMILES string of the molecule is O=c1cccnn1CCN1CCN(Cc2nc3c(o2)CCC3)CC1. The van der Waals surface area contributed by atoms with Crippen molar-refractivity contribution < 1.29 is 4.42 Å². The van der Waals surface area contributed by atoms with Crippen LogP contribution in [-0.2, 0) is 25.9 Å². The molecule has 7 heteroatoms. The fourth-order valence-electron chi connectivity index (χ4n) is 3.47. The van der Waals surface area contributed by atoms with Crippen LogP contribution in [0.1, 0.15) is 23.8 Å². The Morgan fingerprint density at radius 1 is 1.08 bits per heavy atom. The van der Waals surface area contributed by atoms with Gasteiger partial charge in [0.1, 0.15) is 5.76 Å². The van der Waals surface area contributed by atoms with Gasteiger partial charge >= 0.3 is 0 Å². The van der Waals surface area contributed by atoms with Crippen molar-refractivity contribution in [3.63, 3.8) is 0 Å². The summed E-state index contributed by atoms with van der Waals surface area (Å²) in [6, 6.07) is 3.23. The number of aromatic nitrogens is 3. The van der Waals surface area contributed by atoms with E-state index in [1.165, 1.54) is 16.8 Å². The molecule has 0 atom stereocenters. The Kier molecular flexibility index (Phi) is 4.44. The second-order valence-corrected chi connectivity index (χ2v) is 6.53. The molecule has 24 heavy (non-hydrogen) atoms. The van der Waals surface area contributed by atoms with E-state index in [4.69, 9.17) is 4.42 Å².